The number of carbonyl (C=O) groups excluding carboxylic acids is 1. The number of rotatable bonds is 4. The van der Waals surface area contributed by atoms with Crippen LogP contribution in [0.2, 0.25) is 0 Å². The maximum atomic E-state index is 13.2. The van der Waals surface area contributed by atoms with Crippen LogP contribution in [0, 0.1) is 25.6 Å². The van der Waals surface area contributed by atoms with E-state index in [1.807, 2.05) is 36.9 Å². The Morgan fingerprint density at radius 1 is 1.06 bits per heavy atom. The van der Waals surface area contributed by atoms with Crippen molar-refractivity contribution in [1.29, 1.82) is 0 Å². The number of aromatic nitrogens is 2. The number of hydrogen-bond donors (Lipinski definition) is 1. The van der Waals surface area contributed by atoms with Gasteiger partial charge in [0.1, 0.15) is 11.6 Å². The lowest BCUT2D eigenvalue weighted by atomic mass is 9.97. The maximum absolute atomic E-state index is 13.2. The van der Waals surface area contributed by atoms with E-state index in [2.05, 4.69) is 10.4 Å². The van der Waals surface area contributed by atoms with Gasteiger partial charge in [0.05, 0.1) is 11.6 Å². The van der Waals surface area contributed by atoms with E-state index < -0.39 is 0 Å². The van der Waals surface area contributed by atoms with E-state index in [-0.39, 0.29) is 23.2 Å². The van der Waals surface area contributed by atoms with Gasteiger partial charge in [-0.15, -0.1) is 5.10 Å². The number of benzene rings is 2. The Labute approximate surface area is 180 Å². The molecular formula is C24H25FN4O2. The van der Waals surface area contributed by atoms with Gasteiger partial charge in [0.25, 0.3) is 5.56 Å². The van der Waals surface area contributed by atoms with Gasteiger partial charge in [0.15, 0.2) is 0 Å². The van der Waals surface area contributed by atoms with Crippen LogP contribution in [0.15, 0.2) is 59.4 Å². The number of halogens is 1. The van der Waals surface area contributed by atoms with Crippen LogP contribution in [0.4, 0.5) is 15.9 Å². The fourth-order valence-electron chi connectivity index (χ4n) is 3.80. The monoisotopic (exact) mass is 420 g/mol. The number of nitrogens with one attached hydrogen (secondary N) is 1. The first-order valence-corrected chi connectivity index (χ1v) is 10.4. The Kier molecular flexibility index (Phi) is 5.84. The summed E-state index contributed by atoms with van der Waals surface area (Å²) in [5.41, 5.74) is 3.32. The highest BCUT2D eigenvalue weighted by molar-refractivity contribution is 5.93. The number of amides is 1. The van der Waals surface area contributed by atoms with Crippen LogP contribution in [-0.4, -0.2) is 28.8 Å². The van der Waals surface area contributed by atoms with E-state index in [0.717, 1.165) is 30.6 Å². The molecule has 1 N–H and O–H groups in total. The van der Waals surface area contributed by atoms with Crippen LogP contribution < -0.4 is 15.8 Å². The number of nitrogens with zero attached hydrogens (tertiary/aromatic N) is 3. The normalized spacial score (nSPS) is 16.2. The van der Waals surface area contributed by atoms with Crippen molar-refractivity contribution in [3.63, 3.8) is 0 Å². The fourth-order valence-corrected chi connectivity index (χ4v) is 3.80. The first-order chi connectivity index (χ1) is 14.9. The molecule has 0 unspecified atom stereocenters. The molecule has 1 aliphatic heterocycles. The summed E-state index contributed by atoms with van der Waals surface area (Å²) in [5, 5.41) is 7.50. The van der Waals surface area contributed by atoms with Gasteiger partial charge in [0.2, 0.25) is 5.91 Å². The minimum atomic E-state index is -0.374. The standard InChI is InChI=1S/C24H25FN4O2/c1-16-5-8-20(14-17(16)2)26-24(31)18-4-3-13-28(15-18)22-11-12-23(30)29(27-22)21-9-6-19(25)7-10-21/h5-12,14,18H,3-4,13,15H2,1-2H3,(H,26,31)/t18-/m1/s1. The third-order valence-corrected chi connectivity index (χ3v) is 5.75. The minimum absolute atomic E-state index is 0.0141. The first kappa shape index (κ1) is 20.8. The number of piperidine rings is 1. The second kappa shape index (κ2) is 8.71. The first-order valence-electron chi connectivity index (χ1n) is 10.4. The van der Waals surface area contributed by atoms with Crippen molar-refractivity contribution in [2.75, 3.05) is 23.3 Å². The average molecular weight is 420 g/mol. The second-order valence-electron chi connectivity index (χ2n) is 7.99. The smallest absolute Gasteiger partial charge is 0.271 e. The molecule has 1 fully saturated rings. The summed E-state index contributed by atoms with van der Waals surface area (Å²) in [6, 6.07) is 14.6. The molecule has 160 valence electrons. The zero-order valence-electron chi connectivity index (χ0n) is 17.6. The van der Waals surface area contributed by atoms with Crippen molar-refractivity contribution in [2.24, 2.45) is 5.92 Å². The summed E-state index contributed by atoms with van der Waals surface area (Å²) in [4.78, 5) is 27.2. The largest absolute Gasteiger partial charge is 0.354 e. The van der Waals surface area contributed by atoms with Crippen molar-refractivity contribution in [2.45, 2.75) is 26.7 Å². The van der Waals surface area contributed by atoms with Gasteiger partial charge < -0.3 is 10.2 Å². The lowest BCUT2D eigenvalue weighted by Gasteiger charge is -2.33. The molecule has 1 atom stereocenters. The highest BCUT2D eigenvalue weighted by Crippen LogP contribution is 2.23. The van der Waals surface area contributed by atoms with Gasteiger partial charge in [-0.25, -0.2) is 4.39 Å². The molecule has 1 amide bonds. The molecule has 31 heavy (non-hydrogen) atoms. The molecule has 0 radical (unpaired) electrons. The van der Waals surface area contributed by atoms with Gasteiger partial charge in [-0.05, 0) is 80.3 Å². The number of hydrogen-bond acceptors (Lipinski definition) is 4. The fraction of sp³-hybridized carbons (Fsp3) is 0.292. The molecule has 1 aliphatic rings. The van der Waals surface area contributed by atoms with Crippen molar-refractivity contribution < 1.29 is 9.18 Å². The Bertz CT molecular complexity index is 1160. The lowest BCUT2D eigenvalue weighted by molar-refractivity contribution is -0.120. The average Bonchev–Trinajstić information content (AvgIpc) is 2.77. The molecule has 0 saturated carbocycles. The van der Waals surface area contributed by atoms with E-state index in [0.29, 0.717) is 18.1 Å². The number of anilines is 2. The zero-order chi connectivity index (χ0) is 22.0. The predicted molar refractivity (Wildman–Crippen MR) is 119 cm³/mol. The molecule has 4 rings (SSSR count). The van der Waals surface area contributed by atoms with Crippen LogP contribution in [0.25, 0.3) is 5.69 Å². The van der Waals surface area contributed by atoms with E-state index >= 15 is 0 Å². The Hall–Kier alpha value is -3.48. The molecule has 1 saturated heterocycles. The molecule has 6 nitrogen and oxygen atoms in total. The Morgan fingerprint density at radius 2 is 1.84 bits per heavy atom. The molecule has 0 spiro atoms. The summed E-state index contributed by atoms with van der Waals surface area (Å²) < 4.78 is 14.5. The molecule has 0 aliphatic carbocycles. The molecule has 2 aromatic carbocycles. The van der Waals surface area contributed by atoms with E-state index in [1.54, 1.807) is 6.07 Å². The highest BCUT2D eigenvalue weighted by Gasteiger charge is 2.27. The summed E-state index contributed by atoms with van der Waals surface area (Å²) >= 11 is 0. The third kappa shape index (κ3) is 4.66. The summed E-state index contributed by atoms with van der Waals surface area (Å²) in [6.07, 6.45) is 1.65. The van der Waals surface area contributed by atoms with Gasteiger partial charge in [0, 0.05) is 24.8 Å². The third-order valence-electron chi connectivity index (χ3n) is 5.75. The van der Waals surface area contributed by atoms with Crippen molar-refractivity contribution in [3.05, 3.63) is 81.9 Å². The maximum Gasteiger partial charge on any atom is 0.271 e. The van der Waals surface area contributed by atoms with Crippen molar-refractivity contribution >= 4 is 17.4 Å². The summed E-state index contributed by atoms with van der Waals surface area (Å²) in [5.74, 6) is 0.0531. The SMILES string of the molecule is Cc1ccc(NC(=O)[C@@H]2CCCN(c3ccc(=O)n(-c4ccc(F)cc4)n3)C2)cc1C. The lowest BCUT2D eigenvalue weighted by Crippen LogP contribution is -2.41. The van der Waals surface area contributed by atoms with Crippen LogP contribution in [-0.2, 0) is 4.79 Å². The minimum Gasteiger partial charge on any atom is -0.354 e. The van der Waals surface area contributed by atoms with Gasteiger partial charge in [-0.3, -0.25) is 9.59 Å². The number of carbonyl (C=O) groups is 1. The second-order valence-corrected chi connectivity index (χ2v) is 7.99. The van der Waals surface area contributed by atoms with Crippen LogP contribution in [0.5, 0.6) is 0 Å². The Morgan fingerprint density at radius 3 is 2.58 bits per heavy atom. The molecule has 1 aromatic heterocycles. The Balaban J connectivity index is 1.51. The quantitative estimate of drug-likeness (QED) is 0.696. The highest BCUT2D eigenvalue weighted by atomic mass is 19.1. The summed E-state index contributed by atoms with van der Waals surface area (Å²) in [7, 11) is 0. The predicted octanol–water partition coefficient (Wildman–Crippen LogP) is 3.84. The van der Waals surface area contributed by atoms with Crippen LogP contribution in [0.3, 0.4) is 0 Å². The zero-order valence-corrected chi connectivity index (χ0v) is 17.6. The van der Waals surface area contributed by atoms with Crippen molar-refractivity contribution in [1.82, 2.24) is 9.78 Å². The van der Waals surface area contributed by atoms with E-state index in [9.17, 15) is 14.0 Å². The van der Waals surface area contributed by atoms with Crippen LogP contribution >= 0.6 is 0 Å². The molecule has 7 heteroatoms. The topological polar surface area (TPSA) is 67.2 Å². The van der Waals surface area contributed by atoms with Gasteiger partial charge >= 0.3 is 0 Å². The number of aryl methyl sites for hydroxylation is 2. The van der Waals surface area contributed by atoms with E-state index in [1.165, 1.54) is 40.6 Å². The van der Waals surface area contributed by atoms with E-state index in [4.69, 9.17) is 0 Å². The molecule has 0 bridgehead atoms. The molecule has 3 aromatic rings. The van der Waals surface area contributed by atoms with Crippen LogP contribution in [0.1, 0.15) is 24.0 Å². The molecule has 2 heterocycles. The van der Waals surface area contributed by atoms with Gasteiger partial charge in [-0.1, -0.05) is 6.07 Å². The summed E-state index contributed by atoms with van der Waals surface area (Å²) in [6.45, 7) is 5.33. The van der Waals surface area contributed by atoms with Gasteiger partial charge in [-0.2, -0.15) is 4.68 Å². The van der Waals surface area contributed by atoms with Crippen molar-refractivity contribution in [3.8, 4) is 5.69 Å². The molecular weight excluding hydrogens is 395 g/mol.